The van der Waals surface area contributed by atoms with Crippen molar-refractivity contribution >= 4 is 11.7 Å². The molecule has 5 heteroatoms. The number of fused-ring (bicyclic) bond motifs is 1. The number of carboxylic acid groups (broad SMARTS) is 1. The number of rotatable bonds is 2. The summed E-state index contributed by atoms with van der Waals surface area (Å²) in [6.45, 7) is 1.36. The zero-order chi connectivity index (χ0) is 14.1. The summed E-state index contributed by atoms with van der Waals surface area (Å²) in [6.07, 6.45) is 1.61. The number of nitrogens with zero attached hydrogens (tertiary/aromatic N) is 3. The summed E-state index contributed by atoms with van der Waals surface area (Å²) in [7, 11) is 0. The van der Waals surface area contributed by atoms with E-state index in [1.165, 1.54) is 0 Å². The van der Waals surface area contributed by atoms with Gasteiger partial charge in [0.15, 0.2) is 0 Å². The van der Waals surface area contributed by atoms with Crippen LogP contribution in [0.15, 0.2) is 36.5 Å². The third kappa shape index (κ3) is 2.08. The van der Waals surface area contributed by atoms with Crippen molar-refractivity contribution < 1.29 is 9.90 Å². The van der Waals surface area contributed by atoms with Crippen molar-refractivity contribution in [3.63, 3.8) is 0 Å². The Hall–Kier alpha value is -2.87. The van der Waals surface area contributed by atoms with Crippen molar-refractivity contribution in [2.24, 2.45) is 0 Å². The molecule has 20 heavy (non-hydrogen) atoms. The van der Waals surface area contributed by atoms with Gasteiger partial charge < -0.3 is 10.0 Å². The van der Waals surface area contributed by atoms with E-state index >= 15 is 0 Å². The molecule has 1 aliphatic heterocycles. The standard InChI is InChI=1S/C15H11N3O2/c16-7-13-6-14(3-4-17-13)18-8-11-2-1-10(15(19)20)5-12(11)9-18/h1-6H,8-9H2,(H,19,20). The van der Waals surface area contributed by atoms with E-state index < -0.39 is 5.97 Å². The number of nitriles is 1. The molecule has 0 unspecified atom stereocenters. The first-order valence-electron chi connectivity index (χ1n) is 6.13. The Morgan fingerprint density at radius 3 is 2.80 bits per heavy atom. The minimum Gasteiger partial charge on any atom is -0.478 e. The third-order valence-electron chi connectivity index (χ3n) is 3.40. The van der Waals surface area contributed by atoms with Gasteiger partial charge >= 0.3 is 5.97 Å². The second-order valence-corrected chi connectivity index (χ2v) is 4.66. The van der Waals surface area contributed by atoms with E-state index in [4.69, 9.17) is 10.4 Å². The number of pyridine rings is 1. The number of carboxylic acids is 1. The van der Waals surface area contributed by atoms with Crippen LogP contribution in [0.3, 0.4) is 0 Å². The van der Waals surface area contributed by atoms with Crippen molar-refractivity contribution in [1.82, 2.24) is 4.98 Å². The summed E-state index contributed by atoms with van der Waals surface area (Å²) in [6, 6.07) is 10.8. The summed E-state index contributed by atoms with van der Waals surface area (Å²) in [5.41, 5.74) is 3.73. The van der Waals surface area contributed by atoms with Crippen molar-refractivity contribution in [3.8, 4) is 6.07 Å². The molecular formula is C15H11N3O2. The fraction of sp³-hybridized carbons (Fsp3) is 0.133. The Morgan fingerprint density at radius 1 is 1.25 bits per heavy atom. The minimum absolute atomic E-state index is 0.304. The first-order chi connectivity index (χ1) is 9.67. The average Bonchev–Trinajstić information content (AvgIpc) is 2.90. The quantitative estimate of drug-likeness (QED) is 0.900. The van der Waals surface area contributed by atoms with Gasteiger partial charge in [0.05, 0.1) is 5.56 Å². The summed E-state index contributed by atoms with van der Waals surface area (Å²) >= 11 is 0. The highest BCUT2D eigenvalue weighted by Crippen LogP contribution is 2.28. The van der Waals surface area contributed by atoms with Crippen LogP contribution in [0.4, 0.5) is 5.69 Å². The SMILES string of the molecule is N#Cc1cc(N2Cc3ccc(C(=O)O)cc3C2)ccn1. The molecule has 0 fully saturated rings. The largest absolute Gasteiger partial charge is 0.478 e. The first kappa shape index (κ1) is 12.2. The van der Waals surface area contributed by atoms with Gasteiger partial charge in [0, 0.05) is 25.0 Å². The van der Waals surface area contributed by atoms with E-state index in [-0.39, 0.29) is 0 Å². The maximum atomic E-state index is 11.0. The Morgan fingerprint density at radius 2 is 2.05 bits per heavy atom. The van der Waals surface area contributed by atoms with Gasteiger partial charge in [-0.15, -0.1) is 0 Å². The molecule has 98 valence electrons. The normalized spacial score (nSPS) is 12.8. The van der Waals surface area contributed by atoms with Gasteiger partial charge in [0.2, 0.25) is 0 Å². The molecule has 5 nitrogen and oxygen atoms in total. The van der Waals surface area contributed by atoms with Crippen LogP contribution in [-0.2, 0) is 13.1 Å². The Labute approximate surface area is 115 Å². The number of carbonyl (C=O) groups is 1. The molecule has 0 radical (unpaired) electrons. The number of aromatic nitrogens is 1. The van der Waals surface area contributed by atoms with Crippen LogP contribution in [0.1, 0.15) is 27.2 Å². The Bertz CT molecular complexity index is 734. The molecule has 1 aromatic carbocycles. The third-order valence-corrected chi connectivity index (χ3v) is 3.40. The average molecular weight is 265 g/mol. The first-order valence-corrected chi connectivity index (χ1v) is 6.13. The monoisotopic (exact) mass is 265 g/mol. The van der Waals surface area contributed by atoms with Gasteiger partial charge in [-0.3, -0.25) is 0 Å². The molecule has 1 N–H and O–H groups in total. The highest BCUT2D eigenvalue weighted by Gasteiger charge is 2.20. The van der Waals surface area contributed by atoms with E-state index in [1.54, 1.807) is 24.4 Å². The predicted molar refractivity (Wildman–Crippen MR) is 72.2 cm³/mol. The topological polar surface area (TPSA) is 77.2 Å². The van der Waals surface area contributed by atoms with Gasteiger partial charge in [-0.05, 0) is 35.4 Å². The lowest BCUT2D eigenvalue weighted by atomic mass is 10.1. The molecule has 0 spiro atoms. The molecule has 0 bridgehead atoms. The molecule has 1 aromatic heterocycles. The highest BCUT2D eigenvalue weighted by atomic mass is 16.4. The summed E-state index contributed by atoms with van der Waals surface area (Å²) < 4.78 is 0. The van der Waals surface area contributed by atoms with Gasteiger partial charge in [0.1, 0.15) is 11.8 Å². The molecule has 0 amide bonds. The molecule has 0 aliphatic carbocycles. The van der Waals surface area contributed by atoms with Crippen LogP contribution in [0.25, 0.3) is 0 Å². The van der Waals surface area contributed by atoms with Crippen LogP contribution in [0.5, 0.6) is 0 Å². The molecule has 0 saturated carbocycles. The van der Waals surface area contributed by atoms with Crippen molar-refractivity contribution in [3.05, 3.63) is 58.9 Å². The highest BCUT2D eigenvalue weighted by molar-refractivity contribution is 5.88. The molecule has 2 aromatic rings. The summed E-state index contributed by atoms with van der Waals surface area (Å²) in [5, 5.41) is 17.9. The van der Waals surface area contributed by atoms with Gasteiger partial charge in [-0.1, -0.05) is 6.07 Å². The van der Waals surface area contributed by atoms with Crippen LogP contribution in [-0.4, -0.2) is 16.1 Å². The Balaban J connectivity index is 1.90. The smallest absolute Gasteiger partial charge is 0.335 e. The number of hydrogen-bond acceptors (Lipinski definition) is 4. The molecule has 0 atom stereocenters. The Kier molecular flexibility index (Phi) is 2.84. The maximum absolute atomic E-state index is 11.0. The second kappa shape index (κ2) is 4.67. The lowest BCUT2D eigenvalue weighted by Gasteiger charge is -2.17. The van der Waals surface area contributed by atoms with E-state index in [9.17, 15) is 4.79 Å². The van der Waals surface area contributed by atoms with E-state index in [1.807, 2.05) is 18.2 Å². The van der Waals surface area contributed by atoms with Crippen LogP contribution < -0.4 is 4.90 Å². The number of anilines is 1. The molecule has 2 heterocycles. The van der Waals surface area contributed by atoms with Crippen molar-refractivity contribution in [2.75, 3.05) is 4.90 Å². The second-order valence-electron chi connectivity index (χ2n) is 4.66. The molecule has 1 aliphatic rings. The van der Waals surface area contributed by atoms with Crippen molar-refractivity contribution in [1.29, 1.82) is 5.26 Å². The fourth-order valence-electron chi connectivity index (χ4n) is 2.39. The molecule has 3 rings (SSSR count). The van der Waals surface area contributed by atoms with Gasteiger partial charge in [-0.25, -0.2) is 9.78 Å². The fourth-order valence-corrected chi connectivity index (χ4v) is 2.39. The van der Waals surface area contributed by atoms with Crippen LogP contribution in [0, 0.1) is 11.3 Å². The zero-order valence-electron chi connectivity index (χ0n) is 10.6. The number of aromatic carboxylic acids is 1. The van der Waals surface area contributed by atoms with Crippen LogP contribution in [0.2, 0.25) is 0 Å². The maximum Gasteiger partial charge on any atom is 0.335 e. The van der Waals surface area contributed by atoms with E-state index in [0.717, 1.165) is 16.8 Å². The minimum atomic E-state index is -0.915. The lowest BCUT2D eigenvalue weighted by Crippen LogP contribution is -2.14. The zero-order valence-corrected chi connectivity index (χ0v) is 10.6. The predicted octanol–water partition coefficient (Wildman–Crippen LogP) is 2.17. The summed E-state index contributed by atoms with van der Waals surface area (Å²) in [5.74, 6) is -0.915. The van der Waals surface area contributed by atoms with Crippen molar-refractivity contribution in [2.45, 2.75) is 13.1 Å². The van der Waals surface area contributed by atoms with Gasteiger partial charge in [0.25, 0.3) is 0 Å². The molecular weight excluding hydrogens is 254 g/mol. The van der Waals surface area contributed by atoms with Crippen LogP contribution >= 0.6 is 0 Å². The number of hydrogen-bond donors (Lipinski definition) is 1. The lowest BCUT2D eigenvalue weighted by molar-refractivity contribution is 0.0697. The summed E-state index contributed by atoms with van der Waals surface area (Å²) in [4.78, 5) is 17.0. The van der Waals surface area contributed by atoms with Gasteiger partial charge in [-0.2, -0.15) is 5.26 Å². The van der Waals surface area contributed by atoms with E-state index in [2.05, 4.69) is 9.88 Å². The number of benzene rings is 1. The van der Waals surface area contributed by atoms with E-state index in [0.29, 0.717) is 24.3 Å². The molecule has 0 saturated heterocycles.